The lowest BCUT2D eigenvalue weighted by molar-refractivity contribution is -0.140. The maximum Gasteiger partial charge on any atom is 0.341 e. The maximum atomic E-state index is 12.1. The number of carboxylic acids is 3. The number of aryl methyl sites for hydroxylation is 5. The van der Waals surface area contributed by atoms with Crippen molar-refractivity contribution in [3.63, 3.8) is 0 Å². The number of rotatable bonds is 19. The third kappa shape index (κ3) is 11.6. The summed E-state index contributed by atoms with van der Waals surface area (Å²) in [6.07, 6.45) is 0.475. The topological polar surface area (TPSA) is 221 Å². The first-order valence-corrected chi connectivity index (χ1v) is 22.4. The number of phenols is 4. The number of phenolic OH excluding ortho intramolecular Hbond substituents is 4. The second kappa shape index (κ2) is 21.2. The third-order valence-corrected chi connectivity index (χ3v) is 12.2. The number of carboxylic acid groups (broad SMARTS) is 3. The fourth-order valence-electron chi connectivity index (χ4n) is 8.90. The summed E-state index contributed by atoms with van der Waals surface area (Å²) in [6, 6.07) is 35.6. The molecule has 0 atom stereocenters. The Labute approximate surface area is 405 Å². The molecule has 13 nitrogen and oxygen atoms in total. The first-order valence-electron chi connectivity index (χ1n) is 22.4. The van der Waals surface area contributed by atoms with Crippen LogP contribution in [0.3, 0.4) is 0 Å². The van der Waals surface area contributed by atoms with Crippen molar-refractivity contribution in [3.8, 4) is 40.2 Å². The molecule has 0 unspecified atom stereocenters. The Morgan fingerprint density at radius 3 is 1.03 bits per heavy atom. The Balaban J connectivity index is 1.36. The lowest BCUT2D eigenvalue weighted by Crippen LogP contribution is -2.14. The standard InChI is InChI=1S/C57H54O13/c1-31-18-42(24-36-6-16-50(68-28-52(62)63)44(26-36)55(38-8-12-46(58)32(2)20-38)39-9-13-47(59)33(3)21-39)57(70-30-54(66)67)43(19-31)25-37-7-17-51(69-29-53(64)65)45(27-37)56(40-10-14-48(60)34(4)22-40)41-11-15-49(61)35(5)23-41/h6-23,26-27,55-56,58-61H,24-25,28-30H2,1-5H3,(H,62,63)(H,64,65)(H,66,67). The number of hydrogen-bond donors (Lipinski definition) is 7. The molecule has 7 aromatic rings. The van der Waals surface area contributed by atoms with E-state index in [0.717, 1.165) is 38.9 Å². The van der Waals surface area contributed by atoms with Crippen LogP contribution in [0.25, 0.3) is 0 Å². The summed E-state index contributed by atoms with van der Waals surface area (Å²) in [4.78, 5) is 35.8. The molecule has 7 rings (SSSR count). The van der Waals surface area contributed by atoms with E-state index in [1.54, 1.807) is 88.4 Å². The lowest BCUT2D eigenvalue weighted by Gasteiger charge is -2.24. The number of ether oxygens (including phenoxy) is 3. The second-order valence-corrected chi connectivity index (χ2v) is 17.6. The Morgan fingerprint density at radius 1 is 0.414 bits per heavy atom. The summed E-state index contributed by atoms with van der Waals surface area (Å²) in [5.74, 6) is -3.31. The summed E-state index contributed by atoms with van der Waals surface area (Å²) < 4.78 is 18.0. The molecule has 0 fully saturated rings. The minimum Gasteiger partial charge on any atom is -0.508 e. The minimum absolute atomic E-state index is 0.1000. The van der Waals surface area contributed by atoms with Gasteiger partial charge in [0, 0.05) is 35.8 Å². The van der Waals surface area contributed by atoms with Gasteiger partial charge in [-0.3, -0.25) is 0 Å². The van der Waals surface area contributed by atoms with E-state index in [0.29, 0.717) is 61.8 Å². The zero-order valence-corrected chi connectivity index (χ0v) is 39.3. The van der Waals surface area contributed by atoms with Crippen molar-refractivity contribution in [1.82, 2.24) is 0 Å². The zero-order valence-electron chi connectivity index (χ0n) is 39.3. The van der Waals surface area contributed by atoms with Gasteiger partial charge in [-0.1, -0.05) is 90.5 Å². The van der Waals surface area contributed by atoms with Gasteiger partial charge >= 0.3 is 17.9 Å². The molecule has 7 aromatic carbocycles. The number of carbonyl (C=O) groups is 3. The first kappa shape index (κ1) is 49.5. The SMILES string of the molecule is Cc1cc(Cc2ccc(OCC(=O)O)c(C(c3ccc(O)c(C)c3)c3ccc(O)c(C)c3)c2)c(OCC(=O)O)c(Cc2ccc(OCC(=O)O)c(C(c3ccc(O)c(C)c3)c3ccc(O)c(C)c3)c2)c1. The highest BCUT2D eigenvalue weighted by Crippen LogP contribution is 2.43. The molecule has 0 saturated heterocycles. The highest BCUT2D eigenvalue weighted by molar-refractivity contribution is 5.70. The largest absolute Gasteiger partial charge is 0.508 e. The van der Waals surface area contributed by atoms with Crippen LogP contribution in [0.1, 0.15) is 95.3 Å². The molecule has 7 N–H and O–H groups in total. The fraction of sp³-hybridized carbons (Fsp3) is 0.211. The van der Waals surface area contributed by atoms with Crippen LogP contribution in [0.5, 0.6) is 40.2 Å². The van der Waals surface area contributed by atoms with E-state index in [1.807, 2.05) is 67.6 Å². The van der Waals surface area contributed by atoms with Crippen LogP contribution in [-0.4, -0.2) is 73.5 Å². The average molecular weight is 947 g/mol. The van der Waals surface area contributed by atoms with Crippen molar-refractivity contribution < 1.29 is 64.3 Å². The third-order valence-electron chi connectivity index (χ3n) is 12.2. The summed E-state index contributed by atoms with van der Waals surface area (Å²) in [5.41, 5.74) is 10.4. The van der Waals surface area contributed by atoms with Crippen molar-refractivity contribution in [2.75, 3.05) is 19.8 Å². The Morgan fingerprint density at radius 2 is 0.729 bits per heavy atom. The molecule has 0 bridgehead atoms. The zero-order chi connectivity index (χ0) is 50.4. The van der Waals surface area contributed by atoms with E-state index >= 15 is 0 Å². The molecular weight excluding hydrogens is 893 g/mol. The number of benzene rings is 7. The van der Waals surface area contributed by atoms with Crippen molar-refractivity contribution >= 4 is 17.9 Å². The van der Waals surface area contributed by atoms with Gasteiger partial charge in [0.1, 0.15) is 40.2 Å². The van der Waals surface area contributed by atoms with Gasteiger partial charge in [0.25, 0.3) is 0 Å². The minimum atomic E-state index is -1.19. The van der Waals surface area contributed by atoms with E-state index in [-0.39, 0.29) is 35.8 Å². The molecule has 13 heteroatoms. The van der Waals surface area contributed by atoms with Gasteiger partial charge in [-0.15, -0.1) is 0 Å². The smallest absolute Gasteiger partial charge is 0.341 e. The van der Waals surface area contributed by atoms with Crippen LogP contribution in [0, 0.1) is 34.6 Å². The molecule has 0 saturated carbocycles. The van der Waals surface area contributed by atoms with Gasteiger partial charge in [0.05, 0.1) is 0 Å². The van der Waals surface area contributed by atoms with Gasteiger partial charge in [0.2, 0.25) is 0 Å². The summed E-state index contributed by atoms with van der Waals surface area (Å²) in [5, 5.41) is 71.2. The van der Waals surface area contributed by atoms with Crippen LogP contribution < -0.4 is 14.2 Å². The number of aliphatic carboxylic acids is 3. The van der Waals surface area contributed by atoms with Crippen LogP contribution >= 0.6 is 0 Å². The Kier molecular flexibility index (Phi) is 15.0. The van der Waals surface area contributed by atoms with E-state index < -0.39 is 49.6 Å². The summed E-state index contributed by atoms with van der Waals surface area (Å²) >= 11 is 0. The Hall–Kier alpha value is -8.45. The van der Waals surface area contributed by atoms with Gasteiger partial charge in [-0.05, 0) is 138 Å². The fourth-order valence-corrected chi connectivity index (χ4v) is 8.90. The lowest BCUT2D eigenvalue weighted by atomic mass is 9.82. The van der Waals surface area contributed by atoms with Gasteiger partial charge < -0.3 is 50.0 Å². The molecule has 0 spiro atoms. The molecule has 0 aliphatic carbocycles. The van der Waals surface area contributed by atoms with E-state index in [1.165, 1.54) is 0 Å². The second-order valence-electron chi connectivity index (χ2n) is 17.6. The number of aromatic hydroxyl groups is 4. The molecule has 0 aliphatic rings. The average Bonchev–Trinajstić information content (AvgIpc) is 3.30. The molecule has 0 aromatic heterocycles. The van der Waals surface area contributed by atoms with E-state index in [9.17, 15) is 50.1 Å². The molecule has 0 amide bonds. The summed E-state index contributed by atoms with van der Waals surface area (Å²) in [7, 11) is 0. The van der Waals surface area contributed by atoms with E-state index in [4.69, 9.17) is 14.2 Å². The first-order chi connectivity index (χ1) is 33.3. The van der Waals surface area contributed by atoms with Crippen LogP contribution in [0.15, 0.2) is 121 Å². The highest BCUT2D eigenvalue weighted by Gasteiger charge is 2.27. The normalized spacial score (nSPS) is 11.2. The Bertz CT molecular complexity index is 2820. The van der Waals surface area contributed by atoms with Gasteiger partial charge in [-0.25, -0.2) is 14.4 Å². The van der Waals surface area contributed by atoms with Crippen molar-refractivity contribution in [1.29, 1.82) is 0 Å². The van der Waals surface area contributed by atoms with Crippen molar-refractivity contribution in [2.45, 2.75) is 59.3 Å². The number of hydrogen-bond acceptors (Lipinski definition) is 10. The predicted molar refractivity (Wildman–Crippen MR) is 262 cm³/mol. The van der Waals surface area contributed by atoms with Crippen LogP contribution in [0.2, 0.25) is 0 Å². The monoisotopic (exact) mass is 946 g/mol. The summed E-state index contributed by atoms with van der Waals surface area (Å²) in [6.45, 7) is 7.15. The predicted octanol–water partition coefficient (Wildman–Crippen LogP) is 9.98. The molecule has 0 aliphatic heterocycles. The van der Waals surface area contributed by atoms with E-state index in [2.05, 4.69) is 0 Å². The molecular formula is C57H54O13. The maximum absolute atomic E-state index is 12.1. The quantitative estimate of drug-likeness (QED) is 0.0376. The molecule has 70 heavy (non-hydrogen) atoms. The van der Waals surface area contributed by atoms with Crippen molar-refractivity contribution in [2.24, 2.45) is 0 Å². The van der Waals surface area contributed by atoms with Crippen molar-refractivity contribution in [3.05, 3.63) is 205 Å². The van der Waals surface area contributed by atoms with Crippen LogP contribution in [0.4, 0.5) is 0 Å². The molecule has 0 heterocycles. The van der Waals surface area contributed by atoms with Gasteiger partial charge in [-0.2, -0.15) is 0 Å². The molecule has 0 radical (unpaired) electrons. The van der Waals surface area contributed by atoms with Crippen LogP contribution in [-0.2, 0) is 27.2 Å². The molecule has 360 valence electrons. The highest BCUT2D eigenvalue weighted by atomic mass is 16.5. The van der Waals surface area contributed by atoms with Gasteiger partial charge in [0.15, 0.2) is 19.8 Å².